The second-order valence-electron chi connectivity index (χ2n) is 7.24. The number of carbonyl (C=O) groups excluding carboxylic acids is 1. The molecule has 1 saturated heterocycles. The minimum atomic E-state index is -0.0672. The van der Waals surface area contributed by atoms with E-state index in [0.29, 0.717) is 35.8 Å². The van der Waals surface area contributed by atoms with Crippen LogP contribution >= 0.6 is 27.7 Å². The van der Waals surface area contributed by atoms with E-state index in [9.17, 15) is 9.59 Å². The van der Waals surface area contributed by atoms with Crippen LogP contribution in [0, 0.1) is 0 Å². The van der Waals surface area contributed by atoms with Crippen LogP contribution in [0.5, 0.6) is 0 Å². The summed E-state index contributed by atoms with van der Waals surface area (Å²) in [5.41, 5.74) is 0.592. The predicted molar refractivity (Wildman–Crippen MR) is 114 cm³/mol. The van der Waals surface area contributed by atoms with E-state index in [1.807, 2.05) is 24.0 Å². The van der Waals surface area contributed by atoms with E-state index in [-0.39, 0.29) is 29.4 Å². The molecule has 1 aliphatic carbocycles. The Bertz CT molecular complexity index is 946. The van der Waals surface area contributed by atoms with Crippen LogP contribution < -0.4 is 5.56 Å². The van der Waals surface area contributed by atoms with Crippen molar-refractivity contribution in [3.05, 3.63) is 33.0 Å². The first kappa shape index (κ1) is 19.9. The number of thioether (sulfide) groups is 1. The van der Waals surface area contributed by atoms with Crippen LogP contribution in [0.1, 0.15) is 32.6 Å². The predicted octanol–water partition coefficient (Wildman–Crippen LogP) is 3.44. The van der Waals surface area contributed by atoms with Crippen molar-refractivity contribution in [3.63, 3.8) is 0 Å². The Balaban J connectivity index is 1.54. The van der Waals surface area contributed by atoms with Crippen molar-refractivity contribution in [1.82, 2.24) is 14.5 Å². The van der Waals surface area contributed by atoms with Crippen molar-refractivity contribution in [2.75, 3.05) is 18.9 Å². The molecule has 1 aromatic heterocycles. The number of morpholine rings is 1. The Kier molecular flexibility index (Phi) is 6.08. The number of aromatic nitrogens is 2. The van der Waals surface area contributed by atoms with Gasteiger partial charge in [-0.15, -0.1) is 0 Å². The lowest BCUT2D eigenvalue weighted by atomic mass is 9.90. The van der Waals surface area contributed by atoms with Crippen molar-refractivity contribution < 1.29 is 9.53 Å². The molecule has 0 N–H and O–H groups in total. The molecule has 0 spiro atoms. The van der Waals surface area contributed by atoms with Gasteiger partial charge < -0.3 is 9.64 Å². The minimum Gasteiger partial charge on any atom is -0.374 e. The number of hydrogen-bond acceptors (Lipinski definition) is 5. The number of hydrogen-bond donors (Lipinski definition) is 0. The van der Waals surface area contributed by atoms with Gasteiger partial charge in [0.25, 0.3) is 5.56 Å². The van der Waals surface area contributed by atoms with E-state index in [4.69, 9.17) is 4.74 Å². The van der Waals surface area contributed by atoms with Crippen LogP contribution in [-0.4, -0.2) is 51.4 Å². The van der Waals surface area contributed by atoms with Gasteiger partial charge in [0.2, 0.25) is 5.91 Å². The standard InChI is InChI=1S/C20H24BrN3O3S/c1-2-23-19(26)14-11-13(21)7-8-15(14)22-20(23)28-12-18(25)24-9-10-27-17-6-4-3-5-16(17)24/h7-8,11,16-17H,2-6,9-10,12H2,1H3. The maximum absolute atomic E-state index is 12.9. The fourth-order valence-corrected chi connectivity index (χ4v) is 5.49. The molecule has 4 rings (SSSR count). The van der Waals surface area contributed by atoms with Gasteiger partial charge in [0, 0.05) is 17.6 Å². The first-order valence-corrected chi connectivity index (χ1v) is 11.6. The molecule has 8 heteroatoms. The lowest BCUT2D eigenvalue weighted by Crippen LogP contribution is -2.55. The van der Waals surface area contributed by atoms with Gasteiger partial charge in [0.1, 0.15) is 0 Å². The van der Waals surface area contributed by atoms with E-state index >= 15 is 0 Å². The summed E-state index contributed by atoms with van der Waals surface area (Å²) in [6.45, 7) is 3.71. The van der Waals surface area contributed by atoms with Gasteiger partial charge in [-0.3, -0.25) is 14.2 Å². The minimum absolute atomic E-state index is 0.0672. The van der Waals surface area contributed by atoms with Gasteiger partial charge in [-0.25, -0.2) is 4.98 Å². The zero-order chi connectivity index (χ0) is 19.7. The Morgan fingerprint density at radius 1 is 1.36 bits per heavy atom. The number of rotatable bonds is 4. The molecule has 2 heterocycles. The van der Waals surface area contributed by atoms with Crippen molar-refractivity contribution in [2.24, 2.45) is 0 Å². The fraction of sp³-hybridized carbons (Fsp3) is 0.550. The third-order valence-corrected chi connectivity index (χ3v) is 7.03. The van der Waals surface area contributed by atoms with E-state index < -0.39 is 0 Å². The molecule has 2 atom stereocenters. The summed E-state index contributed by atoms with van der Waals surface area (Å²) in [5.74, 6) is 0.399. The second kappa shape index (κ2) is 8.55. The highest BCUT2D eigenvalue weighted by atomic mass is 79.9. The van der Waals surface area contributed by atoms with E-state index in [0.717, 1.165) is 23.7 Å². The lowest BCUT2D eigenvalue weighted by Gasteiger charge is -2.43. The quantitative estimate of drug-likeness (QED) is 0.510. The summed E-state index contributed by atoms with van der Waals surface area (Å²) in [5, 5.41) is 1.19. The zero-order valence-corrected chi connectivity index (χ0v) is 18.3. The lowest BCUT2D eigenvalue weighted by molar-refractivity contribution is -0.146. The number of halogens is 1. The highest BCUT2D eigenvalue weighted by Gasteiger charge is 2.36. The second-order valence-corrected chi connectivity index (χ2v) is 9.10. The molecular formula is C20H24BrN3O3S. The molecule has 2 aromatic rings. The van der Waals surface area contributed by atoms with E-state index in [1.54, 1.807) is 10.6 Å². The maximum Gasteiger partial charge on any atom is 0.262 e. The molecule has 150 valence electrons. The normalized spacial score (nSPS) is 22.3. The molecule has 2 aliphatic rings. The smallest absolute Gasteiger partial charge is 0.262 e. The number of amides is 1. The van der Waals surface area contributed by atoms with E-state index in [2.05, 4.69) is 20.9 Å². The third kappa shape index (κ3) is 3.86. The highest BCUT2D eigenvalue weighted by molar-refractivity contribution is 9.10. The van der Waals surface area contributed by atoms with Crippen LogP contribution in [0.25, 0.3) is 10.9 Å². The highest BCUT2D eigenvalue weighted by Crippen LogP contribution is 2.29. The monoisotopic (exact) mass is 465 g/mol. The van der Waals surface area contributed by atoms with Gasteiger partial charge in [-0.1, -0.05) is 40.5 Å². The summed E-state index contributed by atoms with van der Waals surface area (Å²) < 4.78 is 8.37. The molecule has 28 heavy (non-hydrogen) atoms. The zero-order valence-electron chi connectivity index (χ0n) is 15.9. The summed E-state index contributed by atoms with van der Waals surface area (Å²) in [6.07, 6.45) is 4.57. The molecule has 1 aliphatic heterocycles. The van der Waals surface area contributed by atoms with Crippen molar-refractivity contribution in [2.45, 2.75) is 56.5 Å². The molecule has 2 unspecified atom stereocenters. The fourth-order valence-electron chi connectivity index (χ4n) is 4.18. The average molecular weight is 466 g/mol. The first-order valence-electron chi connectivity index (χ1n) is 9.82. The van der Waals surface area contributed by atoms with Gasteiger partial charge in [-0.2, -0.15) is 0 Å². The molecule has 1 amide bonds. The van der Waals surface area contributed by atoms with Gasteiger partial charge >= 0.3 is 0 Å². The van der Waals surface area contributed by atoms with Crippen molar-refractivity contribution in [3.8, 4) is 0 Å². The molecule has 0 bridgehead atoms. The summed E-state index contributed by atoms with van der Waals surface area (Å²) >= 11 is 4.77. The Hall–Kier alpha value is -1.38. The average Bonchev–Trinajstić information content (AvgIpc) is 2.72. The van der Waals surface area contributed by atoms with E-state index in [1.165, 1.54) is 18.2 Å². The number of benzene rings is 1. The maximum atomic E-state index is 12.9. The van der Waals surface area contributed by atoms with Crippen molar-refractivity contribution in [1.29, 1.82) is 0 Å². The van der Waals surface area contributed by atoms with Crippen LogP contribution in [0.2, 0.25) is 0 Å². The Morgan fingerprint density at radius 2 is 2.18 bits per heavy atom. The number of ether oxygens (including phenoxy) is 1. The van der Waals surface area contributed by atoms with Crippen LogP contribution in [0.3, 0.4) is 0 Å². The first-order chi connectivity index (χ1) is 13.6. The molecular weight excluding hydrogens is 442 g/mol. The summed E-state index contributed by atoms with van der Waals surface area (Å²) in [4.78, 5) is 32.4. The molecule has 0 radical (unpaired) electrons. The largest absolute Gasteiger partial charge is 0.374 e. The number of fused-ring (bicyclic) bond motifs is 2. The molecule has 1 aromatic carbocycles. The summed E-state index contributed by atoms with van der Waals surface area (Å²) in [6, 6.07) is 5.71. The van der Waals surface area contributed by atoms with Crippen LogP contribution in [-0.2, 0) is 16.1 Å². The third-order valence-electron chi connectivity index (χ3n) is 5.57. The number of nitrogens with zero attached hydrogens (tertiary/aromatic N) is 3. The SMILES string of the molecule is CCn1c(SCC(=O)N2CCOC3CCCCC32)nc2ccc(Br)cc2c1=O. The number of carbonyl (C=O) groups is 1. The molecule has 2 fully saturated rings. The van der Waals surface area contributed by atoms with Crippen LogP contribution in [0.4, 0.5) is 0 Å². The van der Waals surface area contributed by atoms with Crippen molar-refractivity contribution >= 4 is 44.5 Å². The topological polar surface area (TPSA) is 64.4 Å². The van der Waals surface area contributed by atoms with Gasteiger partial charge in [-0.05, 0) is 38.0 Å². The summed E-state index contributed by atoms with van der Waals surface area (Å²) in [7, 11) is 0. The van der Waals surface area contributed by atoms with Gasteiger partial charge in [0.15, 0.2) is 5.16 Å². The molecule has 6 nitrogen and oxygen atoms in total. The van der Waals surface area contributed by atoms with Gasteiger partial charge in [0.05, 0.1) is 35.4 Å². The molecule has 1 saturated carbocycles. The van der Waals surface area contributed by atoms with Crippen LogP contribution in [0.15, 0.2) is 32.6 Å². The Labute approximate surface area is 176 Å². The Morgan fingerprint density at radius 3 is 3.00 bits per heavy atom.